The Kier molecular flexibility index (Phi) is 1.09. The van der Waals surface area contributed by atoms with Crippen LogP contribution in [-0.4, -0.2) is 5.75 Å². The molecule has 0 unspecified atom stereocenters. The molecule has 3 heterocycles. The maximum atomic E-state index is 4.50. The highest BCUT2D eigenvalue weighted by Gasteiger charge is 2.17. The van der Waals surface area contributed by atoms with Gasteiger partial charge in [0.1, 0.15) is 4.67 Å². The van der Waals surface area contributed by atoms with Crippen LogP contribution in [0.15, 0.2) is 28.2 Å². The minimum absolute atomic E-state index is 1.10. The number of thiophene rings is 1. The number of nitrogens with zero attached hydrogens (tertiary/aromatic N) is 1. The Morgan fingerprint density at radius 1 is 1.45 bits per heavy atom. The SMILES string of the molecule is C1=C2N=c3sccc3=C2SC1. The molecule has 3 rings (SSSR count). The van der Waals surface area contributed by atoms with Gasteiger partial charge in [-0.1, -0.05) is 0 Å². The van der Waals surface area contributed by atoms with Crippen LogP contribution in [0, 0.1) is 0 Å². The van der Waals surface area contributed by atoms with Crippen molar-refractivity contribution in [3.8, 4) is 0 Å². The molecule has 54 valence electrons. The lowest BCUT2D eigenvalue weighted by Crippen LogP contribution is -2.14. The van der Waals surface area contributed by atoms with Crippen molar-refractivity contribution in [3.05, 3.63) is 33.1 Å². The molecule has 1 aromatic rings. The Labute approximate surface area is 72.2 Å². The van der Waals surface area contributed by atoms with Gasteiger partial charge in [0, 0.05) is 15.9 Å². The van der Waals surface area contributed by atoms with Crippen LogP contribution in [0.25, 0.3) is 4.91 Å². The van der Waals surface area contributed by atoms with E-state index >= 15 is 0 Å². The van der Waals surface area contributed by atoms with Crippen LogP contribution in [0.5, 0.6) is 0 Å². The molecular weight excluding hydrogens is 174 g/mol. The van der Waals surface area contributed by atoms with E-state index in [1.165, 1.54) is 20.5 Å². The summed E-state index contributed by atoms with van der Waals surface area (Å²) in [4.78, 5) is 5.89. The normalized spacial score (nSPS) is 19.3. The summed E-state index contributed by atoms with van der Waals surface area (Å²) in [6.07, 6.45) is 2.20. The summed E-state index contributed by atoms with van der Waals surface area (Å²) in [7, 11) is 0. The molecule has 0 spiro atoms. The molecule has 0 fully saturated rings. The standard InChI is InChI=1S/C8H5NS2/c1-3-11-8-5(1)7-6(9-8)2-4-10-7/h1-3H,4H2. The summed E-state index contributed by atoms with van der Waals surface area (Å²) in [6, 6.07) is 2.16. The van der Waals surface area contributed by atoms with Gasteiger partial charge in [0.15, 0.2) is 0 Å². The van der Waals surface area contributed by atoms with Crippen LogP contribution in [0.3, 0.4) is 0 Å². The largest absolute Gasteiger partial charge is 0.237 e. The van der Waals surface area contributed by atoms with Crippen molar-refractivity contribution in [1.29, 1.82) is 0 Å². The predicted molar refractivity (Wildman–Crippen MR) is 49.0 cm³/mol. The first-order valence-corrected chi connectivity index (χ1v) is 5.31. The summed E-state index contributed by atoms with van der Waals surface area (Å²) in [6.45, 7) is 0. The Hall–Kier alpha value is -0.540. The van der Waals surface area contributed by atoms with E-state index in [9.17, 15) is 0 Å². The van der Waals surface area contributed by atoms with Gasteiger partial charge in [-0.05, 0) is 17.5 Å². The molecule has 0 atom stereocenters. The third-order valence-electron chi connectivity index (χ3n) is 1.85. The summed E-state index contributed by atoms with van der Waals surface area (Å²) < 4.78 is 1.19. The van der Waals surface area contributed by atoms with Gasteiger partial charge < -0.3 is 0 Å². The van der Waals surface area contributed by atoms with Crippen LogP contribution in [0.2, 0.25) is 0 Å². The molecule has 11 heavy (non-hydrogen) atoms. The fourth-order valence-electron chi connectivity index (χ4n) is 1.35. The molecule has 0 radical (unpaired) electrons. The molecule has 0 aromatic carbocycles. The molecule has 2 aliphatic rings. The topological polar surface area (TPSA) is 12.4 Å². The maximum Gasteiger partial charge on any atom is 0.125 e. The van der Waals surface area contributed by atoms with Crippen LogP contribution >= 0.6 is 23.1 Å². The second-order valence-corrected chi connectivity index (χ2v) is 4.41. The third kappa shape index (κ3) is 0.698. The van der Waals surface area contributed by atoms with Crippen molar-refractivity contribution in [2.75, 3.05) is 5.75 Å². The van der Waals surface area contributed by atoms with Gasteiger partial charge in [-0.25, -0.2) is 4.99 Å². The van der Waals surface area contributed by atoms with Gasteiger partial charge in [-0.3, -0.25) is 0 Å². The van der Waals surface area contributed by atoms with Crippen LogP contribution < -0.4 is 9.89 Å². The Morgan fingerprint density at radius 3 is 3.45 bits per heavy atom. The van der Waals surface area contributed by atoms with Gasteiger partial charge in [-0.15, -0.1) is 23.1 Å². The fourth-order valence-corrected chi connectivity index (χ4v) is 3.20. The highest BCUT2D eigenvalue weighted by Crippen LogP contribution is 2.33. The second kappa shape index (κ2) is 1.99. The van der Waals surface area contributed by atoms with Crippen molar-refractivity contribution < 1.29 is 0 Å². The summed E-state index contributed by atoms with van der Waals surface area (Å²) in [5.41, 5.74) is 1.21. The Balaban J connectivity index is 2.55. The van der Waals surface area contributed by atoms with Crippen LogP contribution in [0.4, 0.5) is 0 Å². The van der Waals surface area contributed by atoms with Gasteiger partial charge in [0.2, 0.25) is 0 Å². The zero-order chi connectivity index (χ0) is 7.26. The highest BCUT2D eigenvalue weighted by atomic mass is 32.2. The van der Waals surface area contributed by atoms with E-state index in [-0.39, 0.29) is 0 Å². The first kappa shape index (κ1) is 6.03. The van der Waals surface area contributed by atoms with E-state index in [1.807, 2.05) is 11.8 Å². The molecule has 0 bridgehead atoms. The zero-order valence-corrected chi connectivity index (χ0v) is 7.34. The third-order valence-corrected chi connectivity index (χ3v) is 3.71. The van der Waals surface area contributed by atoms with E-state index in [0.29, 0.717) is 0 Å². The Bertz CT molecular complexity index is 453. The minimum Gasteiger partial charge on any atom is -0.237 e. The molecule has 0 N–H and O–H groups in total. The van der Waals surface area contributed by atoms with Gasteiger partial charge in [-0.2, -0.15) is 0 Å². The second-order valence-electron chi connectivity index (χ2n) is 2.48. The molecule has 1 aromatic heterocycles. The van der Waals surface area contributed by atoms with Crippen molar-refractivity contribution in [3.63, 3.8) is 0 Å². The molecule has 0 aliphatic carbocycles. The predicted octanol–water partition coefficient (Wildman–Crippen LogP) is 1.12. The average molecular weight is 179 g/mol. The highest BCUT2D eigenvalue weighted by molar-refractivity contribution is 8.08. The lowest BCUT2D eigenvalue weighted by Gasteiger charge is -1.88. The lowest BCUT2D eigenvalue weighted by atomic mass is 10.4. The number of rotatable bonds is 0. The maximum absolute atomic E-state index is 4.50. The summed E-state index contributed by atoms with van der Waals surface area (Å²) in [5.74, 6) is 1.10. The van der Waals surface area contributed by atoms with E-state index < -0.39 is 0 Å². The monoisotopic (exact) mass is 179 g/mol. The molecular formula is C8H5NS2. The van der Waals surface area contributed by atoms with E-state index in [2.05, 4.69) is 22.5 Å². The van der Waals surface area contributed by atoms with Crippen molar-refractivity contribution in [1.82, 2.24) is 0 Å². The molecule has 3 heteroatoms. The van der Waals surface area contributed by atoms with E-state index in [0.717, 1.165) is 5.75 Å². The number of thioether (sulfide) groups is 1. The number of hydrogen-bond acceptors (Lipinski definition) is 3. The van der Waals surface area contributed by atoms with Gasteiger partial charge >= 0.3 is 0 Å². The first-order chi connectivity index (χ1) is 5.45. The van der Waals surface area contributed by atoms with Crippen molar-refractivity contribution in [2.45, 2.75) is 0 Å². The smallest absolute Gasteiger partial charge is 0.125 e. The van der Waals surface area contributed by atoms with Crippen LogP contribution in [0.1, 0.15) is 0 Å². The zero-order valence-electron chi connectivity index (χ0n) is 5.70. The minimum atomic E-state index is 1.10. The van der Waals surface area contributed by atoms with Gasteiger partial charge in [0.25, 0.3) is 0 Å². The number of hydrogen-bond donors (Lipinski definition) is 0. The Morgan fingerprint density at radius 2 is 2.45 bits per heavy atom. The lowest BCUT2D eigenvalue weighted by molar-refractivity contribution is 1.38. The summed E-state index contributed by atoms with van der Waals surface area (Å²) >= 11 is 3.62. The summed E-state index contributed by atoms with van der Waals surface area (Å²) in [5, 5.41) is 3.46. The van der Waals surface area contributed by atoms with E-state index in [1.54, 1.807) is 11.3 Å². The molecule has 0 saturated heterocycles. The van der Waals surface area contributed by atoms with Crippen LogP contribution in [-0.2, 0) is 0 Å². The van der Waals surface area contributed by atoms with Crippen molar-refractivity contribution >= 4 is 28.0 Å². The fraction of sp³-hybridized carbons (Fsp3) is 0.125. The molecule has 0 amide bonds. The number of fused-ring (bicyclic) bond motifs is 2. The average Bonchev–Trinajstić information content (AvgIpc) is 2.52. The first-order valence-electron chi connectivity index (χ1n) is 3.45. The van der Waals surface area contributed by atoms with Gasteiger partial charge in [0.05, 0.1) is 5.70 Å². The molecule has 2 aliphatic heterocycles. The van der Waals surface area contributed by atoms with E-state index in [4.69, 9.17) is 0 Å². The molecule has 0 saturated carbocycles. The van der Waals surface area contributed by atoms with Crippen molar-refractivity contribution in [2.24, 2.45) is 4.99 Å². The molecule has 1 nitrogen and oxygen atoms in total. The quantitative estimate of drug-likeness (QED) is 0.581.